The van der Waals surface area contributed by atoms with Crippen LogP contribution in [-0.2, 0) is 48.7 Å². The molecule has 0 saturated heterocycles. The van der Waals surface area contributed by atoms with Crippen molar-refractivity contribution < 1.29 is 144 Å². The van der Waals surface area contributed by atoms with Crippen molar-refractivity contribution in [1.82, 2.24) is 10.0 Å². The van der Waals surface area contributed by atoms with Gasteiger partial charge in [-0.1, -0.05) is 14.4 Å². The molecule has 0 aliphatic carbocycles. The minimum absolute atomic E-state index is 0. The van der Waals surface area contributed by atoms with Gasteiger partial charge in [-0.05, 0) is 23.4 Å². The number of rotatable bonds is 28. The van der Waals surface area contributed by atoms with Crippen LogP contribution in [0, 0.1) is 20.8 Å². The Labute approximate surface area is 388 Å². The Morgan fingerprint density at radius 3 is 1.22 bits per heavy atom. The molecule has 0 bridgehead atoms. The summed E-state index contributed by atoms with van der Waals surface area (Å²) in [5.41, 5.74) is 0. The van der Waals surface area contributed by atoms with Gasteiger partial charge in [0.1, 0.15) is 0 Å². The number of hydrazine groups is 2. The van der Waals surface area contributed by atoms with Crippen LogP contribution in [0.25, 0.3) is 0 Å². The van der Waals surface area contributed by atoms with E-state index in [1.807, 2.05) is 20.8 Å². The maximum atomic E-state index is 11.0. The van der Waals surface area contributed by atoms with Crippen molar-refractivity contribution >= 4 is 32.5 Å². The molecule has 2 N–H and O–H groups in total. The molecule has 0 fully saturated rings. The standard InChI is InChI=1S/C10H27N3O7Si2.C8H20IO3Si.C7H19N3O5Si.CH4.2Na.H2O/c1-7-21(16-3,17-4)20-22(18-5,19-6)10-8-9-12(2)13(15)11-14;1-5-9-13(8-10-4,11-6-2)12-7-3;1-9(10(12)8-11)6-5-7-16(13-2,14-3)15-4;;;;/h14H,7-10H2,1-6H3;5-8H2,1-4H3;11H,5-7H2,1-4H3;1H4;;;1H2/q;-1;;;2*+1;/p-2. The van der Waals surface area contributed by atoms with Crippen molar-refractivity contribution in [2.75, 3.05) is 108 Å². The summed E-state index contributed by atoms with van der Waals surface area (Å²) in [6, 6.07) is -0.328. The van der Waals surface area contributed by atoms with Crippen molar-refractivity contribution in [2.45, 2.75) is 66.1 Å². The number of halogens is 1. The molecule has 29 heteroatoms. The van der Waals surface area contributed by atoms with Gasteiger partial charge in [0.05, 0.1) is 27.2 Å². The zero-order valence-corrected chi connectivity index (χ0v) is 45.6. The normalized spacial score (nSPS) is 12.0. The number of methoxy groups -OCH3 is 1. The molecule has 0 heterocycles. The van der Waals surface area contributed by atoms with Crippen molar-refractivity contribution in [3.63, 3.8) is 0 Å². The van der Waals surface area contributed by atoms with Crippen molar-refractivity contribution in [3.05, 3.63) is 20.8 Å². The van der Waals surface area contributed by atoms with Gasteiger partial charge in [0.2, 0.25) is 0 Å². The molecule has 0 aromatic rings. The van der Waals surface area contributed by atoms with Crippen LogP contribution in [-0.4, -0.2) is 166 Å². The predicted molar refractivity (Wildman–Crippen MR) is 203 cm³/mol. The third-order valence-electron chi connectivity index (χ3n) is 6.95. The number of ether oxygens (including phenoxy) is 1. The molecule has 326 valence electrons. The van der Waals surface area contributed by atoms with Crippen LogP contribution in [0.4, 0.5) is 0 Å². The Hall–Kier alpha value is 1.12. The first-order valence-corrected chi connectivity index (χ1v) is 28.6. The molecule has 0 unspecified atom stereocenters. The second-order valence-corrected chi connectivity index (χ2v) is 30.6. The van der Waals surface area contributed by atoms with Crippen LogP contribution in [0.1, 0.15) is 48.0 Å². The molecule has 0 atom stereocenters. The molecule has 55 heavy (non-hydrogen) atoms. The van der Waals surface area contributed by atoms with Gasteiger partial charge in [0, 0.05) is 77.8 Å². The van der Waals surface area contributed by atoms with Crippen molar-refractivity contribution in [2.24, 2.45) is 10.6 Å². The summed E-state index contributed by atoms with van der Waals surface area (Å²) in [6.07, 6.45) is 1.81. The van der Waals surface area contributed by atoms with Crippen molar-refractivity contribution in [1.29, 1.82) is 0 Å². The monoisotopic (exact) mass is 1010 g/mol. The second-order valence-electron chi connectivity index (χ2n) is 9.93. The molecule has 0 radical (unpaired) electrons. The molecule has 0 spiro atoms. The van der Waals surface area contributed by atoms with E-state index in [-0.39, 0.29) is 102 Å². The molecular weight excluding hydrogens is 938 g/mol. The zero-order valence-electron chi connectivity index (χ0n) is 35.5. The summed E-state index contributed by atoms with van der Waals surface area (Å²) in [4.78, 5) is -0.0191. The van der Waals surface area contributed by atoms with E-state index in [2.05, 4.69) is 17.5 Å². The number of hydrogen-bond acceptors (Lipinski definition) is 17. The Kier molecular flexibility index (Phi) is 53.8. The predicted octanol–water partition coefficient (Wildman–Crippen LogP) is -6.14. The molecule has 0 rings (SSSR count). The summed E-state index contributed by atoms with van der Waals surface area (Å²) in [6.45, 7) is 10.3. The molecule has 0 amide bonds. The fourth-order valence-corrected chi connectivity index (χ4v) is 22.3. The Balaban J connectivity index is -0.000000125. The first kappa shape index (κ1) is 70.7. The Bertz CT molecular complexity index is 871. The van der Waals surface area contributed by atoms with Gasteiger partial charge in [-0.25, -0.2) is 0 Å². The van der Waals surface area contributed by atoms with E-state index in [1.54, 1.807) is 7.11 Å². The number of nitrogens with zero attached hydrogens (tertiary/aromatic N) is 6. The summed E-state index contributed by atoms with van der Waals surface area (Å²) >= 11 is 0.0255. The fraction of sp³-hybridized carbons (Fsp3) is 1.00. The second kappa shape index (κ2) is 41.8. The van der Waals surface area contributed by atoms with Crippen LogP contribution < -0.4 is 79.5 Å². The van der Waals surface area contributed by atoms with Gasteiger partial charge >= 0.3 is 177 Å². The van der Waals surface area contributed by atoms with E-state index in [0.29, 0.717) is 50.3 Å². The van der Waals surface area contributed by atoms with Crippen LogP contribution in [0.5, 0.6) is 0 Å². The maximum absolute atomic E-state index is 11.0. The van der Waals surface area contributed by atoms with E-state index in [4.69, 9.17) is 48.7 Å². The minimum Gasteiger partial charge on any atom is -0.737 e. The Morgan fingerprint density at radius 1 is 0.618 bits per heavy atom. The topological polar surface area (TPSA) is 262 Å². The number of hydrogen-bond donors (Lipinski definition) is 0. The minimum atomic E-state index is -3.00. The van der Waals surface area contributed by atoms with Crippen LogP contribution in [0.2, 0.25) is 18.1 Å². The van der Waals surface area contributed by atoms with E-state index in [9.17, 15) is 20.8 Å². The summed E-state index contributed by atoms with van der Waals surface area (Å²) in [5, 5.41) is 48.7. The van der Waals surface area contributed by atoms with Gasteiger partial charge in [0.25, 0.3) is 0 Å². The number of alkyl halides is 1. The smallest absolute Gasteiger partial charge is 0.737 e. The molecular formula is C26H70IN6Na2O16Si4-. The van der Waals surface area contributed by atoms with E-state index < -0.39 is 32.5 Å². The molecule has 0 aromatic carbocycles. The largest absolute Gasteiger partial charge is 1.00 e. The quantitative estimate of drug-likeness (QED) is 0.0134. The summed E-state index contributed by atoms with van der Waals surface area (Å²) in [5.74, 6) is 0. The van der Waals surface area contributed by atoms with Gasteiger partial charge in [-0.15, -0.1) is 0 Å². The van der Waals surface area contributed by atoms with E-state index in [1.165, 1.54) is 68.3 Å². The Morgan fingerprint density at radius 2 is 0.964 bits per heavy atom. The third kappa shape index (κ3) is 29.1. The van der Waals surface area contributed by atoms with E-state index >= 15 is 0 Å². The summed E-state index contributed by atoms with van der Waals surface area (Å²) in [7, 11) is 6.88. The van der Waals surface area contributed by atoms with Gasteiger partial charge in [0.15, 0.2) is 0 Å². The average Bonchev–Trinajstić information content (AvgIpc) is 3.15. The molecule has 0 saturated carbocycles. The van der Waals surface area contributed by atoms with Crippen LogP contribution in [0.15, 0.2) is 10.6 Å². The zero-order chi connectivity index (χ0) is 40.0. The van der Waals surface area contributed by atoms with Gasteiger partial charge in [-0.3, -0.25) is 0 Å². The SMILES string of the molecule is C.CCO[Si](COC)(OCC)[I-]CC.CC[Si](OC)(OC)O[Si](CCCN(C)[N+]([O-])=N[O-])(OC)OC.CO[Si](CCCN(C)[N+]([O-])=N[O-])(OC)OC.O.[Na+].[Na+]. The maximum Gasteiger partial charge on any atom is 1.00 e. The molecule has 0 aliphatic heterocycles. The van der Waals surface area contributed by atoms with Gasteiger partial charge < -0.3 is 61.4 Å². The molecule has 22 nitrogen and oxygen atoms in total. The van der Waals surface area contributed by atoms with Crippen molar-refractivity contribution in [3.8, 4) is 0 Å². The first-order valence-electron chi connectivity index (χ1n) is 16.1. The first-order chi connectivity index (χ1) is 24.2. The summed E-state index contributed by atoms with van der Waals surface area (Å²) < 4.78 is 61.5. The van der Waals surface area contributed by atoms with Crippen LogP contribution in [0.3, 0.4) is 0 Å². The van der Waals surface area contributed by atoms with E-state index in [0.717, 1.165) is 23.2 Å². The van der Waals surface area contributed by atoms with Crippen LogP contribution >= 0.6 is 0 Å². The van der Waals surface area contributed by atoms with Gasteiger partial charge in [-0.2, -0.15) is 10.0 Å². The fourth-order valence-electron chi connectivity index (χ4n) is 4.13. The average molecular weight is 1010 g/mol. The molecule has 0 aromatic heterocycles. The molecule has 0 aliphatic rings. The third-order valence-corrected chi connectivity index (χ3v) is 27.9.